The molecule has 0 spiro atoms. The monoisotopic (exact) mass is 669 g/mol. The van der Waals surface area contributed by atoms with E-state index in [-0.39, 0.29) is 34.6 Å². The van der Waals surface area contributed by atoms with Gasteiger partial charge in [-0.05, 0) is 88.6 Å². The molecule has 2 aliphatic carbocycles. The third-order valence-corrected chi connectivity index (χ3v) is 8.77. The van der Waals surface area contributed by atoms with Crippen LogP contribution in [0.1, 0.15) is 87.7 Å². The number of hydrogen-bond donors (Lipinski definition) is 2. The zero-order valence-electron chi connectivity index (χ0n) is 24.2. The summed E-state index contributed by atoms with van der Waals surface area (Å²) in [6.07, 6.45) is 2.35. The summed E-state index contributed by atoms with van der Waals surface area (Å²) in [5.74, 6) is -0.156. The number of allylic oxidation sites excluding steroid dienone is 4. The van der Waals surface area contributed by atoms with Crippen molar-refractivity contribution in [2.24, 2.45) is 10.8 Å². The number of rotatable bonds is 7. The van der Waals surface area contributed by atoms with Crippen LogP contribution in [0.15, 0.2) is 58.9 Å². The van der Waals surface area contributed by atoms with Gasteiger partial charge >= 0.3 is 5.97 Å². The van der Waals surface area contributed by atoms with Crippen LogP contribution in [0, 0.1) is 14.4 Å². The molecule has 0 bridgehead atoms. The maximum atomic E-state index is 13.7. The Morgan fingerprint density at radius 2 is 1.49 bits per heavy atom. The lowest BCUT2D eigenvalue weighted by molar-refractivity contribution is -0.119. The lowest BCUT2D eigenvalue weighted by atomic mass is 9.64. The van der Waals surface area contributed by atoms with Gasteiger partial charge in [0.1, 0.15) is 6.61 Å². The zero-order chi connectivity index (χ0) is 29.7. The van der Waals surface area contributed by atoms with E-state index in [0.29, 0.717) is 42.1 Å². The third kappa shape index (κ3) is 5.94. The minimum Gasteiger partial charge on any atom is -0.490 e. The standard InChI is InChI=1S/C33H36INO6/c1-6-40-26-12-20(11-21(34)30(26)41-17-18-7-9-19(10-8-18)31(38)39)27-28-22(13-32(2,3)15-24(28)36)35-23-14-33(4,5)16-25(37)29(23)27/h7-12,27,35H,6,13-17H2,1-5H3,(H,38,39). The molecule has 1 heterocycles. The third-order valence-electron chi connectivity index (χ3n) is 7.97. The number of carboxylic acid groups (broad SMARTS) is 1. The van der Waals surface area contributed by atoms with E-state index in [2.05, 4.69) is 55.6 Å². The van der Waals surface area contributed by atoms with Gasteiger partial charge in [0.05, 0.1) is 15.7 Å². The lowest BCUT2D eigenvalue weighted by Gasteiger charge is -2.44. The Morgan fingerprint density at radius 3 is 2.00 bits per heavy atom. The average Bonchev–Trinajstić information content (AvgIpc) is 2.85. The summed E-state index contributed by atoms with van der Waals surface area (Å²) >= 11 is 2.22. The van der Waals surface area contributed by atoms with E-state index in [4.69, 9.17) is 9.47 Å². The summed E-state index contributed by atoms with van der Waals surface area (Å²) in [7, 11) is 0. The Balaban J connectivity index is 1.57. The second kappa shape index (κ2) is 10.9. The Labute approximate surface area is 254 Å². The van der Waals surface area contributed by atoms with Crippen molar-refractivity contribution in [3.63, 3.8) is 0 Å². The summed E-state index contributed by atoms with van der Waals surface area (Å²) in [5, 5.41) is 12.7. The maximum absolute atomic E-state index is 13.7. The molecule has 7 nitrogen and oxygen atoms in total. The van der Waals surface area contributed by atoms with Crippen molar-refractivity contribution in [3.8, 4) is 11.5 Å². The van der Waals surface area contributed by atoms with Crippen LogP contribution in [0.25, 0.3) is 0 Å². The van der Waals surface area contributed by atoms with Gasteiger partial charge in [0, 0.05) is 41.3 Å². The van der Waals surface area contributed by atoms with E-state index in [1.807, 2.05) is 19.1 Å². The van der Waals surface area contributed by atoms with Crippen molar-refractivity contribution in [1.82, 2.24) is 5.32 Å². The molecule has 2 aromatic rings. The van der Waals surface area contributed by atoms with Gasteiger partial charge in [-0.1, -0.05) is 39.8 Å². The van der Waals surface area contributed by atoms with Gasteiger partial charge in [-0.3, -0.25) is 9.59 Å². The van der Waals surface area contributed by atoms with E-state index in [1.165, 1.54) is 0 Å². The summed E-state index contributed by atoms with van der Waals surface area (Å²) in [4.78, 5) is 38.6. The number of carboxylic acids is 1. The van der Waals surface area contributed by atoms with Crippen molar-refractivity contribution < 1.29 is 29.0 Å². The number of Topliss-reactive ketones (excluding diaryl/α,β-unsaturated/α-hetero) is 2. The van der Waals surface area contributed by atoms with Crippen LogP contribution in [-0.4, -0.2) is 29.2 Å². The normalized spacial score (nSPS) is 19.9. The highest BCUT2D eigenvalue weighted by atomic mass is 127. The minimum absolute atomic E-state index is 0.0797. The van der Waals surface area contributed by atoms with Crippen molar-refractivity contribution in [2.75, 3.05) is 6.61 Å². The summed E-state index contributed by atoms with van der Waals surface area (Å²) in [6, 6.07) is 10.5. The highest BCUT2D eigenvalue weighted by Gasteiger charge is 2.46. The molecule has 3 aliphatic rings. The number of carbonyl (C=O) groups excluding carboxylic acids is 2. The molecule has 8 heteroatoms. The topological polar surface area (TPSA) is 102 Å². The Bertz CT molecular complexity index is 1450. The second-order valence-electron chi connectivity index (χ2n) is 12.8. The highest BCUT2D eigenvalue weighted by Crippen LogP contribution is 2.52. The summed E-state index contributed by atoms with van der Waals surface area (Å²) in [5.41, 5.74) is 4.81. The van der Waals surface area contributed by atoms with Gasteiger partial charge in [-0.2, -0.15) is 0 Å². The van der Waals surface area contributed by atoms with Crippen LogP contribution < -0.4 is 14.8 Å². The van der Waals surface area contributed by atoms with Gasteiger partial charge in [0.25, 0.3) is 0 Å². The first-order chi connectivity index (χ1) is 19.3. The van der Waals surface area contributed by atoms with E-state index in [0.717, 1.165) is 38.9 Å². The number of hydrogen-bond acceptors (Lipinski definition) is 6. The molecule has 2 N–H and O–H groups in total. The molecule has 216 valence electrons. The molecule has 1 aliphatic heterocycles. The number of aromatic carboxylic acids is 1. The molecular weight excluding hydrogens is 633 g/mol. The molecule has 5 rings (SSSR count). The number of nitrogens with one attached hydrogen (secondary N) is 1. The Morgan fingerprint density at radius 1 is 0.927 bits per heavy atom. The largest absolute Gasteiger partial charge is 0.490 e. The van der Waals surface area contributed by atoms with Crippen molar-refractivity contribution >= 4 is 40.1 Å². The molecule has 0 amide bonds. The molecule has 0 radical (unpaired) electrons. The van der Waals surface area contributed by atoms with E-state index < -0.39 is 11.9 Å². The van der Waals surface area contributed by atoms with E-state index in [1.54, 1.807) is 24.3 Å². The Hall–Kier alpha value is -3.14. The highest BCUT2D eigenvalue weighted by molar-refractivity contribution is 14.1. The number of ketones is 2. The lowest BCUT2D eigenvalue weighted by Crippen LogP contribution is -2.42. The number of ether oxygens (including phenoxy) is 2. The number of halogens is 1. The van der Waals surface area contributed by atoms with Gasteiger partial charge in [0.15, 0.2) is 23.1 Å². The maximum Gasteiger partial charge on any atom is 0.335 e. The number of benzene rings is 2. The van der Waals surface area contributed by atoms with E-state index in [9.17, 15) is 19.5 Å². The molecular formula is C33H36INO6. The molecule has 2 aromatic carbocycles. The number of dihydropyridines is 1. The molecule has 0 atom stereocenters. The Kier molecular flexibility index (Phi) is 7.82. The second-order valence-corrected chi connectivity index (χ2v) is 13.9. The van der Waals surface area contributed by atoms with Gasteiger partial charge in [-0.15, -0.1) is 0 Å². The minimum atomic E-state index is -0.976. The predicted octanol–water partition coefficient (Wildman–Crippen LogP) is 6.94. The first-order valence-corrected chi connectivity index (χ1v) is 15.1. The summed E-state index contributed by atoms with van der Waals surface area (Å²) < 4.78 is 13.1. The van der Waals surface area contributed by atoms with Crippen LogP contribution in [0.2, 0.25) is 0 Å². The predicted molar refractivity (Wildman–Crippen MR) is 164 cm³/mol. The van der Waals surface area contributed by atoms with Crippen LogP contribution in [0.5, 0.6) is 11.5 Å². The quantitative estimate of drug-likeness (QED) is 0.308. The fourth-order valence-electron chi connectivity index (χ4n) is 6.28. The SMILES string of the molecule is CCOc1cc(C2C3=C(CC(C)(C)CC3=O)NC3=C2C(=O)CC(C)(C)C3)cc(I)c1OCc1ccc(C(=O)O)cc1. The van der Waals surface area contributed by atoms with Gasteiger partial charge < -0.3 is 19.9 Å². The van der Waals surface area contributed by atoms with Crippen LogP contribution >= 0.6 is 22.6 Å². The van der Waals surface area contributed by atoms with Crippen molar-refractivity contribution in [2.45, 2.75) is 72.8 Å². The van der Waals surface area contributed by atoms with Gasteiger partial charge in [0.2, 0.25) is 0 Å². The first kappa shape index (κ1) is 29.4. The molecule has 0 unspecified atom stereocenters. The first-order valence-electron chi connectivity index (χ1n) is 14.0. The smallest absolute Gasteiger partial charge is 0.335 e. The van der Waals surface area contributed by atoms with Crippen LogP contribution in [-0.2, 0) is 16.2 Å². The van der Waals surface area contributed by atoms with E-state index >= 15 is 0 Å². The van der Waals surface area contributed by atoms with Crippen LogP contribution in [0.4, 0.5) is 0 Å². The van der Waals surface area contributed by atoms with Crippen molar-refractivity contribution in [3.05, 3.63) is 79.2 Å². The molecule has 0 saturated heterocycles. The fourth-order valence-corrected chi connectivity index (χ4v) is 7.06. The molecule has 41 heavy (non-hydrogen) atoms. The van der Waals surface area contributed by atoms with Crippen LogP contribution in [0.3, 0.4) is 0 Å². The fraction of sp³-hybridized carbons (Fsp3) is 0.424. The van der Waals surface area contributed by atoms with Gasteiger partial charge in [-0.25, -0.2) is 4.79 Å². The number of carbonyl (C=O) groups is 3. The zero-order valence-corrected chi connectivity index (χ0v) is 26.3. The van der Waals surface area contributed by atoms with Crippen molar-refractivity contribution in [1.29, 1.82) is 0 Å². The molecule has 0 aromatic heterocycles. The average molecular weight is 670 g/mol. The summed E-state index contributed by atoms with van der Waals surface area (Å²) in [6.45, 7) is 11.0. The molecule has 0 fully saturated rings. The molecule has 0 saturated carbocycles.